The van der Waals surface area contributed by atoms with Crippen LogP contribution in [0.2, 0.25) is 0 Å². The van der Waals surface area contributed by atoms with Crippen LogP contribution in [0.4, 0.5) is 20.2 Å². The number of ether oxygens (including phenoxy) is 1. The van der Waals surface area contributed by atoms with Crippen molar-refractivity contribution in [2.75, 3.05) is 43.4 Å². The Kier molecular flexibility index (Phi) is 6.76. The maximum absolute atomic E-state index is 13.3. The zero-order valence-electron chi connectivity index (χ0n) is 18.0. The minimum absolute atomic E-state index is 0.257. The number of piperidine rings is 1. The summed E-state index contributed by atoms with van der Waals surface area (Å²) in [5.74, 6) is -0.398. The van der Waals surface area contributed by atoms with E-state index in [9.17, 15) is 8.78 Å². The van der Waals surface area contributed by atoms with Crippen LogP contribution in [0, 0.1) is 17.6 Å². The number of hydrogen-bond donors (Lipinski definition) is 1. The van der Waals surface area contributed by atoms with Gasteiger partial charge < -0.3 is 15.4 Å². The third kappa shape index (κ3) is 5.37. The largest absolute Gasteiger partial charge is 0.493 e. The van der Waals surface area contributed by atoms with Crippen molar-refractivity contribution in [3.63, 3.8) is 0 Å². The Morgan fingerprint density at radius 1 is 1.10 bits per heavy atom. The fraction of sp³-hybridized carbons (Fsp3) is 0.440. The molecule has 0 amide bonds. The quantitative estimate of drug-likeness (QED) is 0.632. The number of anilines is 2. The van der Waals surface area contributed by atoms with Gasteiger partial charge in [0.15, 0.2) is 0 Å². The summed E-state index contributed by atoms with van der Waals surface area (Å²) in [6.45, 7) is 8.70. The molecule has 0 bridgehead atoms. The number of benzene rings is 2. The lowest BCUT2D eigenvalue weighted by Gasteiger charge is -2.38. The van der Waals surface area contributed by atoms with Gasteiger partial charge in [-0.3, -0.25) is 4.90 Å². The first-order chi connectivity index (χ1) is 15.0. The molecular formula is C25H31F2N3O. The Balaban J connectivity index is 1.23. The molecule has 0 spiro atoms. The maximum Gasteiger partial charge on any atom is 0.129 e. The molecule has 0 atom stereocenters. The standard InChI is InChI=1S/C25H31F2N3O/c1-18(30-10-3-5-20-4-2-6-24(28)25(20)30)17-29-11-7-19(8-12-29)9-13-31-23-15-21(26)14-22(27)16-23/h2,4,6,14-16,19H,1,3,5,7-13,17,28H2. The van der Waals surface area contributed by atoms with Crippen LogP contribution < -0.4 is 15.4 Å². The lowest BCUT2D eigenvalue weighted by Crippen LogP contribution is -2.40. The molecule has 1 saturated heterocycles. The molecule has 2 aliphatic heterocycles. The van der Waals surface area contributed by atoms with Gasteiger partial charge in [0.05, 0.1) is 18.0 Å². The molecule has 2 aromatic rings. The van der Waals surface area contributed by atoms with Gasteiger partial charge in [-0.2, -0.15) is 0 Å². The second-order valence-electron chi connectivity index (χ2n) is 8.64. The molecule has 0 unspecified atom stereocenters. The van der Waals surface area contributed by atoms with E-state index >= 15 is 0 Å². The third-order valence-corrected chi connectivity index (χ3v) is 6.37. The molecule has 31 heavy (non-hydrogen) atoms. The molecule has 0 aliphatic carbocycles. The summed E-state index contributed by atoms with van der Waals surface area (Å²) in [4.78, 5) is 4.75. The minimum atomic E-state index is -0.610. The predicted octanol–water partition coefficient (Wildman–Crippen LogP) is 4.99. The number of likely N-dealkylation sites (tertiary alicyclic amines) is 1. The highest BCUT2D eigenvalue weighted by Crippen LogP contribution is 2.35. The highest BCUT2D eigenvalue weighted by molar-refractivity contribution is 5.74. The monoisotopic (exact) mass is 427 g/mol. The Morgan fingerprint density at radius 3 is 2.58 bits per heavy atom. The van der Waals surface area contributed by atoms with Crippen LogP contribution in [0.5, 0.6) is 5.75 Å². The molecule has 2 heterocycles. The lowest BCUT2D eigenvalue weighted by atomic mass is 9.93. The topological polar surface area (TPSA) is 41.7 Å². The van der Waals surface area contributed by atoms with Crippen LogP contribution in [-0.2, 0) is 6.42 Å². The first kappa shape index (κ1) is 21.6. The SMILES string of the molecule is C=C(CN1CCC(CCOc2cc(F)cc(F)c2)CC1)N1CCCc2cccc(N)c21. The van der Waals surface area contributed by atoms with E-state index in [0.29, 0.717) is 12.5 Å². The second-order valence-corrected chi connectivity index (χ2v) is 8.64. The number of halogens is 2. The predicted molar refractivity (Wildman–Crippen MR) is 121 cm³/mol. The number of fused-ring (bicyclic) bond motifs is 1. The Morgan fingerprint density at radius 2 is 1.84 bits per heavy atom. The Hall–Kier alpha value is -2.60. The molecule has 1 fully saturated rings. The van der Waals surface area contributed by atoms with E-state index in [-0.39, 0.29) is 5.75 Å². The zero-order chi connectivity index (χ0) is 21.8. The number of hydrogen-bond acceptors (Lipinski definition) is 4. The molecule has 4 nitrogen and oxygen atoms in total. The molecule has 2 aliphatic rings. The fourth-order valence-electron chi connectivity index (χ4n) is 4.73. The third-order valence-electron chi connectivity index (χ3n) is 6.37. The van der Waals surface area contributed by atoms with Crippen molar-refractivity contribution in [3.8, 4) is 5.75 Å². The molecule has 4 rings (SSSR count). The van der Waals surface area contributed by atoms with Crippen molar-refractivity contribution >= 4 is 11.4 Å². The van der Waals surface area contributed by atoms with Crippen LogP contribution >= 0.6 is 0 Å². The number of rotatable bonds is 7. The minimum Gasteiger partial charge on any atom is -0.493 e. The summed E-state index contributed by atoms with van der Waals surface area (Å²) >= 11 is 0. The van der Waals surface area contributed by atoms with Gasteiger partial charge in [0.1, 0.15) is 17.4 Å². The Labute approximate surface area is 183 Å². The summed E-state index contributed by atoms with van der Waals surface area (Å²) in [5.41, 5.74) is 10.7. The molecule has 6 heteroatoms. The number of nitrogens with two attached hydrogens (primary N) is 1. The molecule has 2 N–H and O–H groups in total. The molecule has 0 saturated carbocycles. The van der Waals surface area contributed by atoms with Gasteiger partial charge in [-0.15, -0.1) is 0 Å². The summed E-state index contributed by atoms with van der Waals surface area (Å²) in [7, 11) is 0. The van der Waals surface area contributed by atoms with E-state index in [2.05, 4.69) is 22.4 Å². The molecule has 166 valence electrons. The smallest absolute Gasteiger partial charge is 0.129 e. The van der Waals surface area contributed by atoms with E-state index in [1.54, 1.807) is 0 Å². The second kappa shape index (κ2) is 9.69. The molecule has 0 aromatic heterocycles. The van der Waals surface area contributed by atoms with Gasteiger partial charge in [-0.1, -0.05) is 18.7 Å². The van der Waals surface area contributed by atoms with E-state index in [4.69, 9.17) is 10.5 Å². The zero-order valence-corrected chi connectivity index (χ0v) is 18.0. The van der Waals surface area contributed by atoms with Crippen molar-refractivity contribution in [2.24, 2.45) is 5.92 Å². The van der Waals surface area contributed by atoms with Crippen molar-refractivity contribution < 1.29 is 13.5 Å². The van der Waals surface area contributed by atoms with Crippen LogP contribution in [-0.4, -0.2) is 37.7 Å². The highest BCUT2D eigenvalue weighted by Gasteiger charge is 2.24. The molecular weight excluding hydrogens is 396 g/mol. The maximum atomic E-state index is 13.3. The van der Waals surface area contributed by atoms with Gasteiger partial charge in [-0.05, 0) is 62.7 Å². The average Bonchev–Trinajstić information content (AvgIpc) is 2.74. The van der Waals surface area contributed by atoms with Gasteiger partial charge in [0.2, 0.25) is 0 Å². The molecule has 0 radical (unpaired) electrons. The summed E-state index contributed by atoms with van der Waals surface area (Å²) < 4.78 is 32.1. The highest BCUT2D eigenvalue weighted by atomic mass is 19.1. The van der Waals surface area contributed by atoms with Crippen molar-refractivity contribution in [2.45, 2.75) is 32.1 Å². The van der Waals surface area contributed by atoms with Crippen LogP contribution in [0.1, 0.15) is 31.2 Å². The average molecular weight is 428 g/mol. The fourth-order valence-corrected chi connectivity index (χ4v) is 4.73. The number of nitrogen functional groups attached to an aromatic ring is 1. The van der Waals surface area contributed by atoms with E-state index < -0.39 is 11.6 Å². The summed E-state index contributed by atoms with van der Waals surface area (Å²) in [6.07, 6.45) is 5.26. The van der Waals surface area contributed by atoms with Gasteiger partial charge in [0.25, 0.3) is 0 Å². The number of aryl methyl sites for hydroxylation is 1. The van der Waals surface area contributed by atoms with Crippen LogP contribution in [0.25, 0.3) is 0 Å². The molecule has 2 aromatic carbocycles. The number of nitrogens with zero attached hydrogens (tertiary/aromatic N) is 2. The number of para-hydroxylation sites is 1. The van der Waals surface area contributed by atoms with Crippen molar-refractivity contribution in [3.05, 3.63) is 65.9 Å². The summed E-state index contributed by atoms with van der Waals surface area (Å²) in [6, 6.07) is 9.46. The summed E-state index contributed by atoms with van der Waals surface area (Å²) in [5, 5.41) is 0. The van der Waals surface area contributed by atoms with E-state index in [1.807, 2.05) is 12.1 Å². The van der Waals surface area contributed by atoms with E-state index in [1.165, 1.54) is 17.7 Å². The Bertz CT molecular complexity index is 905. The van der Waals surface area contributed by atoms with Crippen LogP contribution in [0.15, 0.2) is 48.7 Å². The van der Waals surface area contributed by atoms with E-state index in [0.717, 1.165) is 81.4 Å². The first-order valence-electron chi connectivity index (χ1n) is 11.1. The van der Waals surface area contributed by atoms with Crippen LogP contribution in [0.3, 0.4) is 0 Å². The van der Waals surface area contributed by atoms with Gasteiger partial charge in [0, 0.05) is 37.0 Å². The van der Waals surface area contributed by atoms with Crippen molar-refractivity contribution in [1.29, 1.82) is 0 Å². The first-order valence-corrected chi connectivity index (χ1v) is 11.1. The lowest BCUT2D eigenvalue weighted by molar-refractivity contribution is 0.171. The normalized spacial score (nSPS) is 17.4. The van der Waals surface area contributed by atoms with Gasteiger partial charge in [-0.25, -0.2) is 8.78 Å². The van der Waals surface area contributed by atoms with Crippen molar-refractivity contribution in [1.82, 2.24) is 4.90 Å². The van der Waals surface area contributed by atoms with Gasteiger partial charge >= 0.3 is 0 Å².